The third-order valence-corrected chi connectivity index (χ3v) is 3.08. The molecule has 0 spiro atoms. The summed E-state index contributed by atoms with van der Waals surface area (Å²) in [5.41, 5.74) is 3.18. The van der Waals surface area contributed by atoms with Crippen molar-refractivity contribution in [3.63, 3.8) is 0 Å². The Morgan fingerprint density at radius 3 is 2.94 bits per heavy atom. The monoisotopic (exact) mass is 265 g/mol. The highest BCUT2D eigenvalue weighted by Crippen LogP contribution is 2.19. The third kappa shape index (κ3) is 3.03. The first-order valence-electron chi connectivity index (χ1n) is 5.77. The summed E-state index contributed by atoms with van der Waals surface area (Å²) in [4.78, 5) is 4.02. The lowest BCUT2D eigenvalue weighted by atomic mass is 10.1. The van der Waals surface area contributed by atoms with Gasteiger partial charge in [0.1, 0.15) is 0 Å². The van der Waals surface area contributed by atoms with Crippen molar-refractivity contribution in [3.05, 3.63) is 42.5 Å². The van der Waals surface area contributed by atoms with E-state index in [9.17, 15) is 5.11 Å². The molecule has 4 nitrogen and oxygen atoms in total. The Kier molecular flexibility index (Phi) is 4.23. The highest BCUT2D eigenvalue weighted by molar-refractivity contribution is 6.18. The van der Waals surface area contributed by atoms with Crippen LogP contribution in [0.5, 0.6) is 0 Å². The predicted molar refractivity (Wildman–Crippen MR) is 73.5 cm³/mol. The number of anilines is 1. The predicted octanol–water partition coefficient (Wildman–Crippen LogP) is 2.19. The molecule has 18 heavy (non-hydrogen) atoms. The molecule has 96 valence electrons. The number of nitrogens with zero attached hydrogens (tertiary/aromatic N) is 2. The lowest BCUT2D eigenvalue weighted by Crippen LogP contribution is -2.21. The summed E-state index contributed by atoms with van der Waals surface area (Å²) in [5.74, 6) is 0.235. The van der Waals surface area contributed by atoms with Gasteiger partial charge in [0.25, 0.3) is 0 Å². The van der Waals surface area contributed by atoms with Crippen LogP contribution in [-0.4, -0.2) is 33.2 Å². The van der Waals surface area contributed by atoms with E-state index in [4.69, 9.17) is 11.6 Å². The summed E-state index contributed by atoms with van der Waals surface area (Å²) in [6.45, 7) is 2.48. The molecule has 0 bridgehead atoms. The number of hydrogen-bond acceptors (Lipinski definition) is 3. The van der Waals surface area contributed by atoms with E-state index in [2.05, 4.69) is 16.4 Å². The molecule has 0 fully saturated rings. The molecular formula is C13H16ClN3O. The topological polar surface area (TPSA) is 50.1 Å². The second kappa shape index (κ2) is 5.89. The number of aromatic nitrogens is 2. The van der Waals surface area contributed by atoms with Gasteiger partial charge in [-0.15, -0.1) is 11.6 Å². The van der Waals surface area contributed by atoms with Crippen LogP contribution in [-0.2, 0) is 0 Å². The molecule has 0 amide bonds. The molecule has 2 N–H and O–H groups in total. The maximum absolute atomic E-state index is 9.41. The number of halogens is 1. The minimum absolute atomic E-state index is 0.235. The van der Waals surface area contributed by atoms with Crippen molar-refractivity contribution < 1.29 is 5.11 Å². The molecule has 0 radical (unpaired) electrons. The van der Waals surface area contributed by atoms with E-state index in [0.29, 0.717) is 6.54 Å². The van der Waals surface area contributed by atoms with E-state index in [-0.39, 0.29) is 5.88 Å². The minimum atomic E-state index is -0.528. The number of imidazole rings is 1. The molecule has 2 aromatic rings. The van der Waals surface area contributed by atoms with Crippen molar-refractivity contribution in [2.45, 2.75) is 13.0 Å². The molecule has 0 saturated carbocycles. The number of aliphatic hydroxyl groups excluding tert-OH is 1. The van der Waals surface area contributed by atoms with Crippen LogP contribution in [0.3, 0.4) is 0 Å². The smallest absolute Gasteiger partial charge is 0.0991 e. The summed E-state index contributed by atoms with van der Waals surface area (Å²) in [5, 5.41) is 12.6. The Bertz CT molecular complexity index is 499. The van der Waals surface area contributed by atoms with Gasteiger partial charge in [0.15, 0.2) is 0 Å². The van der Waals surface area contributed by atoms with Crippen molar-refractivity contribution >= 4 is 17.3 Å². The first kappa shape index (κ1) is 12.9. The number of rotatable bonds is 5. The molecule has 0 aliphatic heterocycles. The van der Waals surface area contributed by atoms with Crippen molar-refractivity contribution in [2.75, 3.05) is 17.7 Å². The fraction of sp³-hybridized carbons (Fsp3) is 0.308. The van der Waals surface area contributed by atoms with Gasteiger partial charge in [-0.25, -0.2) is 4.98 Å². The van der Waals surface area contributed by atoms with Crippen LogP contribution in [0.1, 0.15) is 5.56 Å². The number of alkyl halides is 1. The van der Waals surface area contributed by atoms with E-state index in [0.717, 1.165) is 16.9 Å². The SMILES string of the molecule is Cc1cc(-n2ccnc2)ccc1NCC(O)CCl. The number of aliphatic hydroxyl groups is 1. The molecule has 1 unspecified atom stereocenters. The Balaban J connectivity index is 2.10. The van der Waals surface area contributed by atoms with Gasteiger partial charge in [0, 0.05) is 30.3 Å². The maximum atomic E-state index is 9.41. The van der Waals surface area contributed by atoms with Crippen LogP contribution in [0.2, 0.25) is 0 Å². The van der Waals surface area contributed by atoms with Crippen LogP contribution >= 0.6 is 11.6 Å². The van der Waals surface area contributed by atoms with Crippen molar-refractivity contribution in [1.29, 1.82) is 0 Å². The van der Waals surface area contributed by atoms with Crippen LogP contribution in [0.4, 0.5) is 5.69 Å². The summed E-state index contributed by atoms with van der Waals surface area (Å²) in [7, 11) is 0. The zero-order chi connectivity index (χ0) is 13.0. The van der Waals surface area contributed by atoms with Gasteiger partial charge in [0.05, 0.1) is 18.3 Å². The quantitative estimate of drug-likeness (QED) is 0.815. The fourth-order valence-corrected chi connectivity index (χ4v) is 1.81. The van der Waals surface area contributed by atoms with Crippen LogP contribution in [0.15, 0.2) is 36.9 Å². The zero-order valence-corrected chi connectivity index (χ0v) is 10.9. The van der Waals surface area contributed by atoms with Gasteiger partial charge >= 0.3 is 0 Å². The van der Waals surface area contributed by atoms with E-state index >= 15 is 0 Å². The second-order valence-electron chi connectivity index (χ2n) is 4.16. The number of hydrogen-bond donors (Lipinski definition) is 2. The normalized spacial score (nSPS) is 12.4. The molecule has 2 rings (SSSR count). The average Bonchev–Trinajstić information content (AvgIpc) is 2.90. The summed E-state index contributed by atoms with van der Waals surface area (Å²) in [6, 6.07) is 6.06. The first-order valence-corrected chi connectivity index (χ1v) is 6.31. The molecule has 0 saturated heterocycles. The second-order valence-corrected chi connectivity index (χ2v) is 4.47. The van der Waals surface area contributed by atoms with Gasteiger partial charge in [-0.3, -0.25) is 0 Å². The largest absolute Gasteiger partial charge is 0.390 e. The Labute approximate surface area is 111 Å². The number of aryl methyl sites for hydroxylation is 1. The Morgan fingerprint density at radius 2 is 2.33 bits per heavy atom. The van der Waals surface area contributed by atoms with E-state index in [1.54, 1.807) is 12.5 Å². The molecule has 5 heteroatoms. The Hall–Kier alpha value is -1.52. The Morgan fingerprint density at radius 1 is 1.50 bits per heavy atom. The summed E-state index contributed by atoms with van der Waals surface area (Å²) >= 11 is 5.55. The molecule has 1 aromatic heterocycles. The van der Waals surface area contributed by atoms with E-state index < -0.39 is 6.10 Å². The van der Waals surface area contributed by atoms with E-state index in [1.165, 1.54) is 0 Å². The molecule has 1 heterocycles. The van der Waals surface area contributed by atoms with Crippen LogP contribution < -0.4 is 5.32 Å². The van der Waals surface area contributed by atoms with Gasteiger partial charge in [-0.1, -0.05) is 0 Å². The third-order valence-electron chi connectivity index (χ3n) is 2.72. The number of nitrogens with one attached hydrogen (secondary N) is 1. The van der Waals surface area contributed by atoms with Crippen LogP contribution in [0, 0.1) is 6.92 Å². The minimum Gasteiger partial charge on any atom is -0.390 e. The van der Waals surface area contributed by atoms with Gasteiger partial charge in [0.2, 0.25) is 0 Å². The lowest BCUT2D eigenvalue weighted by Gasteiger charge is -2.13. The van der Waals surface area contributed by atoms with Crippen molar-refractivity contribution in [1.82, 2.24) is 9.55 Å². The molecule has 0 aliphatic rings. The van der Waals surface area contributed by atoms with Crippen molar-refractivity contribution in [2.24, 2.45) is 0 Å². The maximum Gasteiger partial charge on any atom is 0.0991 e. The summed E-state index contributed by atoms with van der Waals surface area (Å²) < 4.78 is 1.95. The van der Waals surface area contributed by atoms with Gasteiger partial charge in [-0.05, 0) is 30.7 Å². The van der Waals surface area contributed by atoms with E-state index in [1.807, 2.05) is 29.8 Å². The highest BCUT2D eigenvalue weighted by atomic mass is 35.5. The first-order chi connectivity index (χ1) is 8.70. The number of benzene rings is 1. The zero-order valence-electron chi connectivity index (χ0n) is 10.2. The molecule has 1 aromatic carbocycles. The molecule has 1 atom stereocenters. The summed E-state index contributed by atoms with van der Waals surface area (Å²) in [6.07, 6.45) is 4.88. The standard InChI is InChI=1S/C13H16ClN3O/c1-10-6-11(17-5-4-15-9-17)2-3-13(10)16-8-12(18)7-14/h2-6,9,12,16,18H,7-8H2,1H3. The van der Waals surface area contributed by atoms with Crippen LogP contribution in [0.25, 0.3) is 5.69 Å². The highest BCUT2D eigenvalue weighted by Gasteiger charge is 2.04. The van der Waals surface area contributed by atoms with Gasteiger partial charge in [-0.2, -0.15) is 0 Å². The fourth-order valence-electron chi connectivity index (χ4n) is 1.70. The lowest BCUT2D eigenvalue weighted by molar-refractivity contribution is 0.211. The molecular weight excluding hydrogens is 250 g/mol. The average molecular weight is 266 g/mol. The van der Waals surface area contributed by atoms with Crippen molar-refractivity contribution in [3.8, 4) is 5.69 Å². The van der Waals surface area contributed by atoms with Gasteiger partial charge < -0.3 is 15.0 Å². The molecule has 0 aliphatic carbocycles.